The van der Waals surface area contributed by atoms with Gasteiger partial charge in [-0.3, -0.25) is 5.43 Å². The van der Waals surface area contributed by atoms with Crippen molar-refractivity contribution >= 4 is 11.8 Å². The van der Waals surface area contributed by atoms with Crippen LogP contribution in [0.25, 0.3) is 0 Å². The van der Waals surface area contributed by atoms with Gasteiger partial charge in [0.2, 0.25) is 0 Å². The first-order valence-corrected chi connectivity index (χ1v) is 12.6. The van der Waals surface area contributed by atoms with Gasteiger partial charge in [-0.2, -0.15) is 11.8 Å². The first kappa shape index (κ1) is 23.3. The molecule has 0 spiro atoms. The zero-order chi connectivity index (χ0) is 21.0. The van der Waals surface area contributed by atoms with Crippen LogP contribution in [-0.2, 0) is 16.9 Å². The number of hydrogen-bond donors (Lipinski definition) is 1. The number of rotatable bonds is 13. The van der Waals surface area contributed by atoms with Crippen molar-refractivity contribution in [2.45, 2.75) is 68.5 Å². The number of thioether (sulfide) groups is 1. The SMILES string of the molecule is CCCC[C@@H](NN1CCC[C@H]1COC)[C@H](Cc1ccccc1)SCc1ccccc1. The normalized spacial score (nSPS) is 19.1. The molecular weight excluding hydrogens is 388 g/mol. The predicted octanol–water partition coefficient (Wildman–Crippen LogP) is 5.71. The van der Waals surface area contributed by atoms with Crippen LogP contribution in [0.4, 0.5) is 0 Å². The van der Waals surface area contributed by atoms with Crippen molar-refractivity contribution in [3.8, 4) is 0 Å². The maximum atomic E-state index is 5.49. The van der Waals surface area contributed by atoms with Gasteiger partial charge in [-0.1, -0.05) is 80.4 Å². The van der Waals surface area contributed by atoms with Gasteiger partial charge in [0.1, 0.15) is 0 Å². The molecule has 3 atom stereocenters. The number of methoxy groups -OCH3 is 1. The second-order valence-electron chi connectivity index (χ2n) is 8.35. The first-order valence-electron chi connectivity index (χ1n) is 11.5. The summed E-state index contributed by atoms with van der Waals surface area (Å²) >= 11 is 2.11. The van der Waals surface area contributed by atoms with Crippen LogP contribution in [0.2, 0.25) is 0 Å². The van der Waals surface area contributed by atoms with E-state index in [1.165, 1.54) is 43.2 Å². The summed E-state index contributed by atoms with van der Waals surface area (Å²) in [5.74, 6) is 1.06. The minimum Gasteiger partial charge on any atom is -0.383 e. The van der Waals surface area contributed by atoms with Gasteiger partial charge in [-0.25, -0.2) is 5.01 Å². The van der Waals surface area contributed by atoms with E-state index in [-0.39, 0.29) is 0 Å². The van der Waals surface area contributed by atoms with Gasteiger partial charge in [0, 0.05) is 36.7 Å². The largest absolute Gasteiger partial charge is 0.383 e. The topological polar surface area (TPSA) is 24.5 Å². The predicted molar refractivity (Wildman–Crippen MR) is 130 cm³/mol. The minimum absolute atomic E-state index is 0.469. The molecule has 0 radical (unpaired) electrons. The second-order valence-corrected chi connectivity index (χ2v) is 9.57. The van der Waals surface area contributed by atoms with Crippen LogP contribution in [0.5, 0.6) is 0 Å². The Morgan fingerprint density at radius 3 is 2.43 bits per heavy atom. The summed E-state index contributed by atoms with van der Waals surface area (Å²) in [5.41, 5.74) is 6.82. The summed E-state index contributed by atoms with van der Waals surface area (Å²) in [6.07, 6.45) is 7.29. The van der Waals surface area contributed by atoms with Crippen LogP contribution in [0.15, 0.2) is 60.7 Å². The van der Waals surface area contributed by atoms with Gasteiger partial charge in [0.25, 0.3) is 0 Å². The lowest BCUT2D eigenvalue weighted by molar-refractivity contribution is 0.0686. The van der Waals surface area contributed by atoms with Gasteiger partial charge in [-0.05, 0) is 36.8 Å². The smallest absolute Gasteiger partial charge is 0.0632 e. The number of nitrogens with zero attached hydrogens (tertiary/aromatic N) is 1. The molecule has 0 aromatic heterocycles. The van der Waals surface area contributed by atoms with Gasteiger partial charge < -0.3 is 4.74 Å². The quantitative estimate of drug-likeness (QED) is 0.444. The van der Waals surface area contributed by atoms with Gasteiger partial charge in [-0.15, -0.1) is 0 Å². The molecule has 0 saturated carbocycles. The van der Waals surface area contributed by atoms with Gasteiger partial charge in [0.15, 0.2) is 0 Å². The molecular formula is C26H38N2OS. The Bertz CT molecular complexity index is 697. The van der Waals surface area contributed by atoms with Crippen LogP contribution in [0.1, 0.15) is 50.2 Å². The lowest BCUT2D eigenvalue weighted by Gasteiger charge is -2.35. The van der Waals surface area contributed by atoms with E-state index >= 15 is 0 Å². The zero-order valence-corrected chi connectivity index (χ0v) is 19.4. The Labute approximate surface area is 187 Å². The fraction of sp³-hybridized carbons (Fsp3) is 0.538. The third kappa shape index (κ3) is 7.42. The zero-order valence-electron chi connectivity index (χ0n) is 18.6. The standard InChI is InChI=1S/C26H38N2OS/c1-3-4-17-25(27-28-18-11-16-24(28)20-29-2)26(19-22-12-7-5-8-13-22)30-21-23-14-9-6-10-15-23/h5-10,12-15,24-27H,3-4,11,16-21H2,1-2H3/t24-,25+,26-/m0/s1. The summed E-state index contributed by atoms with van der Waals surface area (Å²) < 4.78 is 5.49. The summed E-state index contributed by atoms with van der Waals surface area (Å²) in [6, 6.07) is 22.8. The molecule has 3 nitrogen and oxygen atoms in total. The van der Waals surface area contributed by atoms with E-state index in [1.54, 1.807) is 0 Å². The maximum Gasteiger partial charge on any atom is 0.0632 e. The van der Waals surface area contributed by atoms with E-state index in [0.29, 0.717) is 17.3 Å². The molecule has 164 valence electrons. The van der Waals surface area contributed by atoms with Crippen LogP contribution >= 0.6 is 11.8 Å². The minimum atomic E-state index is 0.469. The van der Waals surface area contributed by atoms with E-state index in [1.807, 2.05) is 7.11 Å². The van der Waals surface area contributed by atoms with Crippen LogP contribution < -0.4 is 5.43 Å². The number of ether oxygens (including phenoxy) is 1. The monoisotopic (exact) mass is 426 g/mol. The molecule has 1 heterocycles. The second kappa shape index (κ2) is 13.2. The molecule has 1 N–H and O–H groups in total. The molecule has 4 heteroatoms. The highest BCUT2D eigenvalue weighted by Crippen LogP contribution is 2.28. The first-order chi connectivity index (χ1) is 14.8. The van der Waals surface area contributed by atoms with Crippen molar-refractivity contribution in [2.24, 2.45) is 0 Å². The van der Waals surface area contributed by atoms with Crippen molar-refractivity contribution < 1.29 is 4.74 Å². The maximum absolute atomic E-state index is 5.49. The Morgan fingerprint density at radius 2 is 1.77 bits per heavy atom. The number of hydrogen-bond acceptors (Lipinski definition) is 4. The highest BCUT2D eigenvalue weighted by atomic mass is 32.2. The van der Waals surface area contributed by atoms with E-state index in [2.05, 4.69) is 89.8 Å². The Hall–Kier alpha value is -1.33. The molecule has 2 aromatic rings. The third-order valence-electron chi connectivity index (χ3n) is 5.97. The van der Waals surface area contributed by atoms with Crippen molar-refractivity contribution in [1.82, 2.24) is 10.4 Å². The number of nitrogens with one attached hydrogen (secondary N) is 1. The van der Waals surface area contributed by atoms with Crippen molar-refractivity contribution in [3.63, 3.8) is 0 Å². The van der Waals surface area contributed by atoms with E-state index in [4.69, 9.17) is 4.74 Å². The third-order valence-corrected chi connectivity index (χ3v) is 7.40. The number of hydrazine groups is 1. The molecule has 1 saturated heterocycles. The molecule has 2 aromatic carbocycles. The number of benzene rings is 2. The average molecular weight is 427 g/mol. The molecule has 3 rings (SSSR count). The van der Waals surface area contributed by atoms with E-state index in [0.717, 1.165) is 25.3 Å². The van der Waals surface area contributed by atoms with Crippen molar-refractivity contribution in [1.29, 1.82) is 0 Å². The molecule has 1 fully saturated rings. The average Bonchev–Trinajstić information content (AvgIpc) is 3.22. The van der Waals surface area contributed by atoms with E-state index < -0.39 is 0 Å². The fourth-order valence-corrected chi connectivity index (χ4v) is 5.62. The molecule has 0 aliphatic carbocycles. The Balaban J connectivity index is 1.73. The van der Waals surface area contributed by atoms with Crippen LogP contribution in [0, 0.1) is 0 Å². The molecule has 0 bridgehead atoms. The summed E-state index contributed by atoms with van der Waals surface area (Å²) in [4.78, 5) is 0. The van der Waals surface area contributed by atoms with Crippen LogP contribution in [-0.4, -0.2) is 42.6 Å². The summed E-state index contributed by atoms with van der Waals surface area (Å²) in [6.45, 7) is 4.23. The molecule has 1 aliphatic rings. The van der Waals surface area contributed by atoms with Crippen molar-refractivity contribution in [2.75, 3.05) is 20.3 Å². The molecule has 30 heavy (non-hydrogen) atoms. The highest BCUT2D eigenvalue weighted by molar-refractivity contribution is 7.99. The van der Waals surface area contributed by atoms with Gasteiger partial charge in [0.05, 0.1) is 6.61 Å². The summed E-state index contributed by atoms with van der Waals surface area (Å²) in [7, 11) is 1.82. The van der Waals surface area contributed by atoms with E-state index in [9.17, 15) is 0 Å². The lowest BCUT2D eigenvalue weighted by Crippen LogP contribution is -2.52. The Kier molecular flexibility index (Phi) is 10.2. The Morgan fingerprint density at radius 1 is 1.07 bits per heavy atom. The highest BCUT2D eigenvalue weighted by Gasteiger charge is 2.30. The van der Waals surface area contributed by atoms with Gasteiger partial charge >= 0.3 is 0 Å². The molecule has 0 amide bonds. The summed E-state index contributed by atoms with van der Waals surface area (Å²) in [5, 5.41) is 3.01. The molecule has 1 aliphatic heterocycles. The number of unbranched alkanes of at least 4 members (excludes halogenated alkanes) is 1. The fourth-order valence-electron chi connectivity index (χ4n) is 4.28. The lowest BCUT2D eigenvalue weighted by atomic mass is 10.0. The van der Waals surface area contributed by atoms with Crippen molar-refractivity contribution in [3.05, 3.63) is 71.8 Å². The van der Waals surface area contributed by atoms with Crippen LogP contribution in [0.3, 0.4) is 0 Å². The molecule has 0 unspecified atom stereocenters.